The second kappa shape index (κ2) is 9.08. The molecule has 0 aliphatic rings. The molecule has 134 valence electrons. The minimum absolute atomic E-state index is 0.00127. The van der Waals surface area contributed by atoms with E-state index in [0.717, 1.165) is 12.0 Å². The number of rotatable bonds is 8. The fraction of sp³-hybridized carbons (Fsp3) is 0.353. The number of ether oxygens (including phenoxy) is 2. The van der Waals surface area contributed by atoms with Gasteiger partial charge in [-0.2, -0.15) is 10.2 Å². The monoisotopic (exact) mass is 364 g/mol. The third-order valence-corrected chi connectivity index (χ3v) is 3.71. The number of hydrazone groups is 1. The van der Waals surface area contributed by atoms with E-state index in [2.05, 4.69) is 34.6 Å². The van der Waals surface area contributed by atoms with Crippen LogP contribution in [0.3, 0.4) is 0 Å². The Hall–Kier alpha value is -2.54. The van der Waals surface area contributed by atoms with E-state index in [-0.39, 0.29) is 5.02 Å². The van der Waals surface area contributed by atoms with Gasteiger partial charge in [0.1, 0.15) is 10.7 Å². The molecule has 8 heteroatoms. The van der Waals surface area contributed by atoms with Gasteiger partial charge in [0.15, 0.2) is 11.5 Å². The van der Waals surface area contributed by atoms with Gasteiger partial charge in [0.2, 0.25) is 0 Å². The molecule has 0 fully saturated rings. The Morgan fingerprint density at radius 3 is 2.92 bits per heavy atom. The van der Waals surface area contributed by atoms with Gasteiger partial charge in [-0.1, -0.05) is 25.4 Å². The fourth-order valence-corrected chi connectivity index (χ4v) is 2.06. The van der Waals surface area contributed by atoms with Crippen molar-refractivity contribution in [2.24, 2.45) is 11.0 Å². The largest absolute Gasteiger partial charge is 0.493 e. The van der Waals surface area contributed by atoms with E-state index in [1.807, 2.05) is 18.2 Å². The zero-order chi connectivity index (χ0) is 18.2. The van der Waals surface area contributed by atoms with Gasteiger partial charge in [0.25, 0.3) is 5.56 Å². The Labute approximate surface area is 151 Å². The Bertz CT molecular complexity index is 790. The molecule has 0 spiro atoms. The van der Waals surface area contributed by atoms with Crippen LogP contribution < -0.4 is 20.5 Å². The van der Waals surface area contributed by atoms with Gasteiger partial charge in [-0.05, 0) is 36.1 Å². The first kappa shape index (κ1) is 18.8. The fourth-order valence-electron chi connectivity index (χ4n) is 1.93. The summed E-state index contributed by atoms with van der Waals surface area (Å²) in [5.74, 6) is 1.90. The maximum Gasteiger partial charge on any atom is 0.285 e. The molecule has 0 radical (unpaired) electrons. The van der Waals surface area contributed by atoms with Crippen molar-refractivity contribution in [1.29, 1.82) is 0 Å². The van der Waals surface area contributed by atoms with Crippen LogP contribution in [0.25, 0.3) is 0 Å². The first-order chi connectivity index (χ1) is 12.0. The topological polar surface area (TPSA) is 88.6 Å². The molecule has 0 atom stereocenters. The molecule has 1 aromatic heterocycles. The van der Waals surface area contributed by atoms with Crippen molar-refractivity contribution in [3.05, 3.63) is 45.3 Å². The molecule has 7 nitrogen and oxygen atoms in total. The zero-order valence-electron chi connectivity index (χ0n) is 14.4. The smallest absolute Gasteiger partial charge is 0.285 e. The predicted molar refractivity (Wildman–Crippen MR) is 99.0 cm³/mol. The van der Waals surface area contributed by atoms with Crippen molar-refractivity contribution in [3.63, 3.8) is 0 Å². The molecular formula is C17H21ClN4O3. The summed E-state index contributed by atoms with van der Waals surface area (Å²) in [6, 6.07) is 5.51. The molecule has 1 heterocycles. The molecular weight excluding hydrogens is 344 g/mol. The second-order valence-electron chi connectivity index (χ2n) is 5.74. The standard InChI is InChI=1S/C17H21ClN4O3/c1-11(2)6-7-25-14-5-4-12(8-15(14)24-3)9-19-21-13-10-20-22-17(23)16(13)18/h4-5,8-11H,6-7H2,1-3H3,(H2,21,22,23)/b19-9-. The van der Waals surface area contributed by atoms with Crippen molar-refractivity contribution in [3.8, 4) is 11.5 Å². The normalized spacial score (nSPS) is 11.1. The number of hydrogen-bond donors (Lipinski definition) is 2. The van der Waals surface area contributed by atoms with Crippen LogP contribution in [0.2, 0.25) is 5.02 Å². The molecule has 2 N–H and O–H groups in total. The molecule has 25 heavy (non-hydrogen) atoms. The van der Waals surface area contributed by atoms with E-state index in [0.29, 0.717) is 29.7 Å². The number of aromatic nitrogens is 2. The maximum absolute atomic E-state index is 11.3. The summed E-state index contributed by atoms with van der Waals surface area (Å²) in [6.07, 6.45) is 3.94. The lowest BCUT2D eigenvalue weighted by molar-refractivity contribution is 0.273. The predicted octanol–water partition coefficient (Wildman–Crippen LogP) is 3.30. The highest BCUT2D eigenvalue weighted by Gasteiger charge is 2.06. The molecule has 0 amide bonds. The number of H-pyrrole nitrogens is 1. The molecule has 0 saturated carbocycles. The van der Waals surface area contributed by atoms with Gasteiger partial charge in [0, 0.05) is 0 Å². The highest BCUT2D eigenvalue weighted by atomic mass is 35.5. The number of nitrogens with zero attached hydrogens (tertiary/aromatic N) is 2. The number of anilines is 1. The summed E-state index contributed by atoms with van der Waals surface area (Å²) >= 11 is 5.86. The van der Waals surface area contributed by atoms with E-state index in [1.165, 1.54) is 6.20 Å². The average molecular weight is 365 g/mol. The van der Waals surface area contributed by atoms with Crippen LogP contribution in [-0.2, 0) is 0 Å². The molecule has 1 aromatic carbocycles. The van der Waals surface area contributed by atoms with Gasteiger partial charge in [-0.25, -0.2) is 5.10 Å². The van der Waals surface area contributed by atoms with Crippen LogP contribution in [0.15, 0.2) is 34.3 Å². The summed E-state index contributed by atoms with van der Waals surface area (Å²) in [4.78, 5) is 11.3. The molecule has 2 aromatic rings. The Kier molecular flexibility index (Phi) is 6.82. The quantitative estimate of drug-likeness (QED) is 0.554. The van der Waals surface area contributed by atoms with Crippen LogP contribution in [-0.4, -0.2) is 30.1 Å². The number of aromatic amines is 1. The molecule has 0 saturated heterocycles. The van der Waals surface area contributed by atoms with Crippen molar-refractivity contribution in [1.82, 2.24) is 10.2 Å². The molecule has 0 aliphatic heterocycles. The average Bonchev–Trinajstić information content (AvgIpc) is 2.59. The Balaban J connectivity index is 2.04. The van der Waals surface area contributed by atoms with Crippen molar-refractivity contribution in [2.75, 3.05) is 19.1 Å². The highest BCUT2D eigenvalue weighted by Crippen LogP contribution is 2.28. The highest BCUT2D eigenvalue weighted by molar-refractivity contribution is 6.32. The third-order valence-electron chi connectivity index (χ3n) is 3.33. The molecule has 0 bridgehead atoms. The SMILES string of the molecule is COc1cc(/C=N\Nc2cn[nH]c(=O)c2Cl)ccc1OCCC(C)C. The number of halogens is 1. The summed E-state index contributed by atoms with van der Waals surface area (Å²) < 4.78 is 11.1. The summed E-state index contributed by atoms with van der Waals surface area (Å²) in [5, 5.41) is 9.94. The number of methoxy groups -OCH3 is 1. The van der Waals surface area contributed by atoms with Crippen molar-refractivity contribution in [2.45, 2.75) is 20.3 Å². The molecule has 0 aliphatic carbocycles. The van der Waals surface area contributed by atoms with Crippen LogP contribution in [0.4, 0.5) is 5.69 Å². The van der Waals surface area contributed by atoms with Gasteiger partial charge in [-0.3, -0.25) is 10.2 Å². The summed E-state index contributed by atoms with van der Waals surface area (Å²) in [7, 11) is 1.59. The van der Waals surface area contributed by atoms with Crippen LogP contribution in [0, 0.1) is 5.92 Å². The zero-order valence-corrected chi connectivity index (χ0v) is 15.1. The van der Waals surface area contributed by atoms with Crippen LogP contribution in [0.1, 0.15) is 25.8 Å². The first-order valence-corrected chi connectivity index (χ1v) is 8.22. The number of nitrogens with one attached hydrogen (secondary N) is 2. The number of hydrogen-bond acceptors (Lipinski definition) is 6. The lowest BCUT2D eigenvalue weighted by atomic mass is 10.1. The van der Waals surface area contributed by atoms with Gasteiger partial charge < -0.3 is 9.47 Å². The van der Waals surface area contributed by atoms with E-state index in [1.54, 1.807) is 13.3 Å². The molecule has 0 unspecified atom stereocenters. The maximum atomic E-state index is 11.3. The van der Waals surface area contributed by atoms with Gasteiger partial charge >= 0.3 is 0 Å². The van der Waals surface area contributed by atoms with E-state index < -0.39 is 5.56 Å². The van der Waals surface area contributed by atoms with Crippen LogP contribution in [0.5, 0.6) is 11.5 Å². The lowest BCUT2D eigenvalue weighted by Crippen LogP contribution is -2.10. The second-order valence-corrected chi connectivity index (χ2v) is 6.12. The summed E-state index contributed by atoms with van der Waals surface area (Å²) in [5.41, 5.74) is 3.33. The number of benzene rings is 1. The van der Waals surface area contributed by atoms with Crippen molar-refractivity contribution >= 4 is 23.5 Å². The Morgan fingerprint density at radius 1 is 1.40 bits per heavy atom. The van der Waals surface area contributed by atoms with Crippen LogP contribution >= 0.6 is 11.6 Å². The van der Waals surface area contributed by atoms with Gasteiger partial charge in [0.05, 0.1) is 26.1 Å². The van der Waals surface area contributed by atoms with Crippen molar-refractivity contribution < 1.29 is 9.47 Å². The first-order valence-electron chi connectivity index (χ1n) is 7.84. The third kappa shape index (κ3) is 5.49. The van der Waals surface area contributed by atoms with Gasteiger partial charge in [-0.15, -0.1) is 0 Å². The molecule has 2 rings (SSSR count). The minimum atomic E-state index is -0.480. The van der Waals surface area contributed by atoms with E-state index in [4.69, 9.17) is 21.1 Å². The van der Waals surface area contributed by atoms with E-state index in [9.17, 15) is 4.79 Å². The minimum Gasteiger partial charge on any atom is -0.493 e. The van der Waals surface area contributed by atoms with E-state index >= 15 is 0 Å². The Morgan fingerprint density at radius 2 is 2.20 bits per heavy atom. The lowest BCUT2D eigenvalue weighted by Gasteiger charge is -2.12. The summed E-state index contributed by atoms with van der Waals surface area (Å²) in [6.45, 7) is 4.93.